The maximum atomic E-state index is 10.7. The van der Waals surface area contributed by atoms with Gasteiger partial charge in [0.05, 0.1) is 11.1 Å². The third kappa shape index (κ3) is 1.51. The summed E-state index contributed by atoms with van der Waals surface area (Å²) >= 11 is 0. The average molecular weight is 198 g/mol. The molecule has 1 heterocycles. The predicted octanol–water partition coefficient (Wildman–Crippen LogP) is 1.80. The monoisotopic (exact) mass is 198 g/mol. The Morgan fingerprint density at radius 1 is 1.33 bits per heavy atom. The van der Waals surface area contributed by atoms with Gasteiger partial charge in [0.15, 0.2) is 0 Å². The van der Waals surface area contributed by atoms with Crippen molar-refractivity contribution in [1.29, 1.82) is 5.26 Å². The molecule has 0 unspecified atom stereocenters. The van der Waals surface area contributed by atoms with Gasteiger partial charge in [-0.15, -0.1) is 0 Å². The zero-order valence-electron chi connectivity index (χ0n) is 7.64. The van der Waals surface area contributed by atoms with Crippen LogP contribution in [0, 0.1) is 11.3 Å². The van der Waals surface area contributed by atoms with Crippen LogP contribution < -0.4 is 0 Å². The SMILES string of the molecule is N#Cc1cccc2ccc(C(=O)O)nc12. The molecule has 2 aromatic rings. The zero-order valence-corrected chi connectivity index (χ0v) is 7.64. The van der Waals surface area contributed by atoms with Crippen molar-refractivity contribution in [1.82, 2.24) is 4.98 Å². The summed E-state index contributed by atoms with van der Waals surface area (Å²) in [5, 5.41) is 18.4. The first-order valence-corrected chi connectivity index (χ1v) is 4.25. The molecule has 72 valence electrons. The van der Waals surface area contributed by atoms with E-state index in [-0.39, 0.29) is 5.69 Å². The van der Waals surface area contributed by atoms with Crippen molar-refractivity contribution in [3.63, 3.8) is 0 Å². The predicted molar refractivity (Wildman–Crippen MR) is 53.4 cm³/mol. The molecule has 0 spiro atoms. The summed E-state index contributed by atoms with van der Waals surface area (Å²) in [6, 6.07) is 10.2. The maximum absolute atomic E-state index is 10.7. The Bertz CT molecular complexity index is 585. The molecule has 0 aliphatic heterocycles. The van der Waals surface area contributed by atoms with E-state index in [4.69, 9.17) is 10.4 Å². The van der Waals surface area contributed by atoms with Crippen molar-refractivity contribution in [2.45, 2.75) is 0 Å². The van der Waals surface area contributed by atoms with Crippen LogP contribution in [0.3, 0.4) is 0 Å². The second-order valence-corrected chi connectivity index (χ2v) is 2.99. The number of rotatable bonds is 1. The fourth-order valence-corrected chi connectivity index (χ4v) is 1.36. The van der Waals surface area contributed by atoms with Crippen LogP contribution in [0.2, 0.25) is 0 Å². The molecule has 0 fully saturated rings. The van der Waals surface area contributed by atoms with Crippen LogP contribution in [-0.4, -0.2) is 16.1 Å². The van der Waals surface area contributed by atoms with E-state index < -0.39 is 5.97 Å². The van der Waals surface area contributed by atoms with Gasteiger partial charge in [-0.1, -0.05) is 18.2 Å². The van der Waals surface area contributed by atoms with Crippen molar-refractivity contribution < 1.29 is 9.90 Å². The molecule has 4 heteroatoms. The second-order valence-electron chi connectivity index (χ2n) is 2.99. The highest BCUT2D eigenvalue weighted by atomic mass is 16.4. The van der Waals surface area contributed by atoms with E-state index in [0.29, 0.717) is 11.1 Å². The van der Waals surface area contributed by atoms with Crippen LogP contribution >= 0.6 is 0 Å². The Morgan fingerprint density at radius 3 is 2.80 bits per heavy atom. The topological polar surface area (TPSA) is 74.0 Å². The van der Waals surface area contributed by atoms with Crippen molar-refractivity contribution in [2.24, 2.45) is 0 Å². The zero-order chi connectivity index (χ0) is 10.8. The Morgan fingerprint density at radius 2 is 2.13 bits per heavy atom. The number of aromatic nitrogens is 1. The molecule has 0 amide bonds. The molecule has 0 aliphatic rings. The van der Waals surface area contributed by atoms with Gasteiger partial charge >= 0.3 is 5.97 Å². The Labute approximate surface area is 85.4 Å². The van der Waals surface area contributed by atoms with Gasteiger partial charge in [0.25, 0.3) is 0 Å². The molecule has 4 nitrogen and oxygen atoms in total. The van der Waals surface area contributed by atoms with Crippen molar-refractivity contribution in [3.8, 4) is 6.07 Å². The first-order valence-electron chi connectivity index (χ1n) is 4.25. The lowest BCUT2D eigenvalue weighted by atomic mass is 10.1. The number of nitrogens with zero attached hydrogens (tertiary/aromatic N) is 2. The molecule has 0 radical (unpaired) electrons. The quantitative estimate of drug-likeness (QED) is 0.758. The molecule has 0 saturated heterocycles. The number of fused-ring (bicyclic) bond motifs is 1. The lowest BCUT2D eigenvalue weighted by Crippen LogP contribution is -2.00. The highest BCUT2D eigenvalue weighted by molar-refractivity contribution is 5.91. The normalized spacial score (nSPS) is 9.80. The fraction of sp³-hybridized carbons (Fsp3) is 0. The van der Waals surface area contributed by atoms with Crippen LogP contribution in [0.4, 0.5) is 0 Å². The minimum atomic E-state index is -1.09. The van der Waals surface area contributed by atoms with Crippen molar-refractivity contribution in [3.05, 3.63) is 41.6 Å². The molecule has 0 saturated carbocycles. The number of benzene rings is 1. The number of carboxylic acids is 1. The summed E-state index contributed by atoms with van der Waals surface area (Å²) in [6.45, 7) is 0. The summed E-state index contributed by atoms with van der Waals surface area (Å²) in [5.74, 6) is -1.09. The number of nitriles is 1. The molecular formula is C11H6N2O2. The van der Waals surface area contributed by atoms with E-state index in [0.717, 1.165) is 5.39 Å². The summed E-state index contributed by atoms with van der Waals surface area (Å²) in [7, 11) is 0. The van der Waals surface area contributed by atoms with Gasteiger partial charge in [-0.25, -0.2) is 9.78 Å². The lowest BCUT2D eigenvalue weighted by molar-refractivity contribution is 0.0691. The van der Waals surface area contributed by atoms with Gasteiger partial charge in [-0.3, -0.25) is 0 Å². The summed E-state index contributed by atoms with van der Waals surface area (Å²) < 4.78 is 0. The summed E-state index contributed by atoms with van der Waals surface area (Å²) in [4.78, 5) is 14.6. The van der Waals surface area contributed by atoms with E-state index in [1.54, 1.807) is 24.3 Å². The van der Waals surface area contributed by atoms with Gasteiger partial charge in [0.1, 0.15) is 11.8 Å². The van der Waals surface area contributed by atoms with Gasteiger partial charge < -0.3 is 5.11 Å². The standard InChI is InChI=1S/C11H6N2O2/c12-6-8-3-1-2-7-4-5-9(11(14)15)13-10(7)8/h1-5H,(H,14,15). The number of pyridine rings is 1. The van der Waals surface area contributed by atoms with Crippen LogP contribution in [-0.2, 0) is 0 Å². The molecule has 1 aromatic carbocycles. The van der Waals surface area contributed by atoms with Crippen molar-refractivity contribution >= 4 is 16.9 Å². The van der Waals surface area contributed by atoms with Crippen LogP contribution in [0.1, 0.15) is 16.1 Å². The first-order chi connectivity index (χ1) is 7.22. The summed E-state index contributed by atoms with van der Waals surface area (Å²) in [6.07, 6.45) is 0. The number of hydrogen-bond donors (Lipinski definition) is 1. The number of aromatic carboxylic acids is 1. The van der Waals surface area contributed by atoms with Gasteiger partial charge in [0.2, 0.25) is 0 Å². The number of carbonyl (C=O) groups is 1. The number of carboxylic acid groups (broad SMARTS) is 1. The van der Waals surface area contributed by atoms with Crippen LogP contribution in [0.25, 0.3) is 10.9 Å². The Kier molecular flexibility index (Phi) is 2.07. The first kappa shape index (κ1) is 9.16. The van der Waals surface area contributed by atoms with E-state index >= 15 is 0 Å². The van der Waals surface area contributed by atoms with E-state index in [9.17, 15) is 4.79 Å². The summed E-state index contributed by atoms with van der Waals surface area (Å²) in [5.41, 5.74) is 0.765. The van der Waals surface area contributed by atoms with E-state index in [1.165, 1.54) is 6.07 Å². The third-order valence-electron chi connectivity index (χ3n) is 2.06. The van der Waals surface area contributed by atoms with Gasteiger partial charge in [-0.2, -0.15) is 5.26 Å². The smallest absolute Gasteiger partial charge is 0.354 e. The molecule has 1 N–H and O–H groups in total. The average Bonchev–Trinajstić information content (AvgIpc) is 2.27. The largest absolute Gasteiger partial charge is 0.477 e. The van der Waals surface area contributed by atoms with Crippen LogP contribution in [0.15, 0.2) is 30.3 Å². The Hall–Kier alpha value is -2.41. The second kappa shape index (κ2) is 3.39. The highest BCUT2D eigenvalue weighted by Gasteiger charge is 2.07. The highest BCUT2D eigenvalue weighted by Crippen LogP contribution is 2.16. The molecule has 15 heavy (non-hydrogen) atoms. The van der Waals surface area contributed by atoms with Gasteiger partial charge in [0, 0.05) is 5.39 Å². The lowest BCUT2D eigenvalue weighted by Gasteiger charge is -2.00. The molecule has 2 rings (SSSR count). The number of para-hydroxylation sites is 1. The molecule has 0 aliphatic carbocycles. The van der Waals surface area contributed by atoms with E-state index in [1.807, 2.05) is 6.07 Å². The maximum Gasteiger partial charge on any atom is 0.354 e. The Balaban J connectivity index is 2.80. The molecule has 1 aromatic heterocycles. The molecular weight excluding hydrogens is 192 g/mol. The van der Waals surface area contributed by atoms with Crippen molar-refractivity contribution in [2.75, 3.05) is 0 Å². The minimum Gasteiger partial charge on any atom is -0.477 e. The minimum absolute atomic E-state index is 0.0507. The van der Waals surface area contributed by atoms with Gasteiger partial charge in [-0.05, 0) is 12.1 Å². The third-order valence-corrected chi connectivity index (χ3v) is 2.06. The number of hydrogen-bond acceptors (Lipinski definition) is 3. The molecule has 0 atom stereocenters. The van der Waals surface area contributed by atoms with Crippen LogP contribution in [0.5, 0.6) is 0 Å². The molecule has 0 bridgehead atoms. The van der Waals surface area contributed by atoms with E-state index in [2.05, 4.69) is 4.98 Å². The fourth-order valence-electron chi connectivity index (χ4n) is 1.36.